The highest BCUT2D eigenvalue weighted by atomic mass is 16.5. The van der Waals surface area contributed by atoms with Crippen molar-refractivity contribution in [2.45, 2.75) is 51.7 Å². The van der Waals surface area contributed by atoms with Gasteiger partial charge in [-0.15, -0.1) is 0 Å². The zero-order valence-electron chi connectivity index (χ0n) is 16.0. The summed E-state index contributed by atoms with van der Waals surface area (Å²) in [6.45, 7) is 3.77. The summed E-state index contributed by atoms with van der Waals surface area (Å²) in [6, 6.07) is 17.2. The van der Waals surface area contributed by atoms with Crippen LogP contribution >= 0.6 is 0 Å². The van der Waals surface area contributed by atoms with Crippen LogP contribution in [0.25, 0.3) is 0 Å². The van der Waals surface area contributed by atoms with Crippen molar-refractivity contribution in [1.29, 1.82) is 0 Å². The monoisotopic (exact) mass is 352 g/mol. The molecule has 0 saturated heterocycles. The van der Waals surface area contributed by atoms with Crippen molar-refractivity contribution in [2.24, 2.45) is 11.7 Å². The van der Waals surface area contributed by atoms with Gasteiger partial charge < -0.3 is 10.5 Å². The minimum absolute atomic E-state index is 0.609. The summed E-state index contributed by atoms with van der Waals surface area (Å²) in [5.74, 6) is 1.76. The number of ether oxygens (including phenoxy) is 1. The Balaban J connectivity index is 1.68. The SMILES string of the molecule is COc1ccc(CN(Cc2ccc(CN)cc2)CC2CCCCC2)cc1. The second kappa shape index (κ2) is 9.75. The molecule has 0 bridgehead atoms. The second-order valence-electron chi connectivity index (χ2n) is 7.54. The van der Waals surface area contributed by atoms with E-state index in [0.717, 1.165) is 24.8 Å². The van der Waals surface area contributed by atoms with Crippen LogP contribution in [0, 0.1) is 5.92 Å². The molecule has 140 valence electrons. The van der Waals surface area contributed by atoms with E-state index >= 15 is 0 Å². The molecule has 3 rings (SSSR count). The Labute approximate surface area is 158 Å². The summed E-state index contributed by atoms with van der Waals surface area (Å²) >= 11 is 0. The second-order valence-corrected chi connectivity index (χ2v) is 7.54. The number of nitrogens with two attached hydrogens (primary N) is 1. The third-order valence-electron chi connectivity index (χ3n) is 5.47. The summed E-state index contributed by atoms with van der Waals surface area (Å²) in [4.78, 5) is 2.61. The van der Waals surface area contributed by atoms with E-state index in [0.29, 0.717) is 6.54 Å². The standard InChI is InChI=1S/C23H32N2O/c1-26-23-13-11-22(12-14-23)18-25(16-20-5-3-2-4-6-20)17-21-9-7-19(15-24)8-10-21/h7-14,20H,2-6,15-18,24H2,1H3. The lowest BCUT2D eigenvalue weighted by Crippen LogP contribution is -2.30. The summed E-state index contributed by atoms with van der Waals surface area (Å²) in [7, 11) is 1.72. The average molecular weight is 353 g/mol. The minimum atomic E-state index is 0.609. The van der Waals surface area contributed by atoms with Gasteiger partial charge in [-0.2, -0.15) is 0 Å². The lowest BCUT2D eigenvalue weighted by molar-refractivity contribution is 0.187. The van der Waals surface area contributed by atoms with Crippen molar-refractivity contribution in [3.63, 3.8) is 0 Å². The molecule has 2 aromatic carbocycles. The number of benzene rings is 2. The fourth-order valence-corrected chi connectivity index (χ4v) is 3.95. The molecule has 26 heavy (non-hydrogen) atoms. The number of hydrogen-bond acceptors (Lipinski definition) is 3. The molecule has 3 nitrogen and oxygen atoms in total. The van der Waals surface area contributed by atoms with Gasteiger partial charge in [-0.3, -0.25) is 4.90 Å². The third-order valence-corrected chi connectivity index (χ3v) is 5.47. The first-order valence-electron chi connectivity index (χ1n) is 9.90. The lowest BCUT2D eigenvalue weighted by Gasteiger charge is -2.30. The Morgan fingerprint density at radius 3 is 1.92 bits per heavy atom. The Bertz CT molecular complexity index is 595. The molecule has 0 spiro atoms. The van der Waals surface area contributed by atoms with Crippen molar-refractivity contribution in [3.05, 3.63) is 65.2 Å². The Morgan fingerprint density at radius 2 is 1.38 bits per heavy atom. The summed E-state index contributed by atoms with van der Waals surface area (Å²) in [5.41, 5.74) is 9.64. The molecule has 3 heteroatoms. The Kier molecular flexibility index (Phi) is 7.10. The van der Waals surface area contributed by atoms with Crippen molar-refractivity contribution >= 4 is 0 Å². The number of methoxy groups -OCH3 is 1. The highest BCUT2D eigenvalue weighted by molar-refractivity contribution is 5.27. The molecule has 2 aromatic rings. The van der Waals surface area contributed by atoms with Crippen LogP contribution in [-0.2, 0) is 19.6 Å². The van der Waals surface area contributed by atoms with Crippen LogP contribution in [0.2, 0.25) is 0 Å². The van der Waals surface area contributed by atoms with E-state index < -0.39 is 0 Å². The fraction of sp³-hybridized carbons (Fsp3) is 0.478. The molecule has 1 saturated carbocycles. The van der Waals surface area contributed by atoms with Gasteiger partial charge >= 0.3 is 0 Å². The lowest BCUT2D eigenvalue weighted by atomic mass is 9.88. The quantitative estimate of drug-likeness (QED) is 0.746. The van der Waals surface area contributed by atoms with E-state index in [1.165, 1.54) is 55.3 Å². The summed E-state index contributed by atoms with van der Waals surface area (Å²) in [6.07, 6.45) is 6.96. The van der Waals surface area contributed by atoms with Crippen LogP contribution in [0.3, 0.4) is 0 Å². The average Bonchev–Trinajstić information content (AvgIpc) is 2.70. The molecular formula is C23H32N2O. The van der Waals surface area contributed by atoms with Crippen molar-refractivity contribution in [2.75, 3.05) is 13.7 Å². The Morgan fingerprint density at radius 1 is 0.846 bits per heavy atom. The molecule has 0 heterocycles. The molecule has 0 radical (unpaired) electrons. The van der Waals surface area contributed by atoms with Crippen LogP contribution in [0.5, 0.6) is 5.75 Å². The van der Waals surface area contributed by atoms with E-state index in [9.17, 15) is 0 Å². The first-order chi connectivity index (χ1) is 12.8. The molecule has 0 unspecified atom stereocenters. The maximum absolute atomic E-state index is 5.73. The van der Waals surface area contributed by atoms with Crippen LogP contribution < -0.4 is 10.5 Å². The van der Waals surface area contributed by atoms with Crippen LogP contribution in [-0.4, -0.2) is 18.6 Å². The van der Waals surface area contributed by atoms with Gasteiger partial charge in [-0.1, -0.05) is 55.7 Å². The molecule has 0 aliphatic heterocycles. The molecule has 0 aromatic heterocycles. The first-order valence-corrected chi connectivity index (χ1v) is 9.90. The van der Waals surface area contributed by atoms with E-state index in [-0.39, 0.29) is 0 Å². The predicted octanol–water partition coefficient (Wildman–Crippen LogP) is 4.74. The van der Waals surface area contributed by atoms with Gasteiger partial charge in [0.25, 0.3) is 0 Å². The maximum atomic E-state index is 5.73. The summed E-state index contributed by atoms with van der Waals surface area (Å²) < 4.78 is 5.29. The predicted molar refractivity (Wildman–Crippen MR) is 108 cm³/mol. The van der Waals surface area contributed by atoms with Crippen molar-refractivity contribution in [1.82, 2.24) is 4.90 Å². The summed E-state index contributed by atoms with van der Waals surface area (Å²) in [5, 5.41) is 0. The minimum Gasteiger partial charge on any atom is -0.497 e. The van der Waals surface area contributed by atoms with Crippen molar-refractivity contribution < 1.29 is 4.74 Å². The normalized spacial score (nSPS) is 15.3. The smallest absolute Gasteiger partial charge is 0.118 e. The van der Waals surface area contributed by atoms with Gasteiger partial charge in [-0.05, 0) is 47.6 Å². The van der Waals surface area contributed by atoms with Gasteiger partial charge in [-0.25, -0.2) is 0 Å². The number of rotatable bonds is 8. The highest BCUT2D eigenvalue weighted by Crippen LogP contribution is 2.26. The van der Waals surface area contributed by atoms with E-state index in [2.05, 4.69) is 53.4 Å². The van der Waals surface area contributed by atoms with Gasteiger partial charge in [0.05, 0.1) is 7.11 Å². The van der Waals surface area contributed by atoms with E-state index in [1.807, 2.05) is 0 Å². The van der Waals surface area contributed by atoms with Crippen LogP contribution in [0.1, 0.15) is 48.8 Å². The van der Waals surface area contributed by atoms with Gasteiger partial charge in [0.15, 0.2) is 0 Å². The van der Waals surface area contributed by atoms with Gasteiger partial charge in [0.1, 0.15) is 5.75 Å². The number of hydrogen-bond donors (Lipinski definition) is 1. The maximum Gasteiger partial charge on any atom is 0.118 e. The third kappa shape index (κ3) is 5.58. The van der Waals surface area contributed by atoms with Gasteiger partial charge in [0.2, 0.25) is 0 Å². The molecule has 0 atom stereocenters. The van der Waals surface area contributed by atoms with E-state index in [1.54, 1.807) is 7.11 Å². The fourth-order valence-electron chi connectivity index (χ4n) is 3.95. The molecule has 1 fully saturated rings. The number of nitrogens with zero attached hydrogens (tertiary/aromatic N) is 1. The zero-order valence-corrected chi connectivity index (χ0v) is 16.0. The van der Waals surface area contributed by atoms with Crippen LogP contribution in [0.15, 0.2) is 48.5 Å². The molecule has 2 N–H and O–H groups in total. The van der Waals surface area contributed by atoms with Crippen LogP contribution in [0.4, 0.5) is 0 Å². The highest BCUT2D eigenvalue weighted by Gasteiger charge is 2.18. The van der Waals surface area contributed by atoms with Crippen molar-refractivity contribution in [3.8, 4) is 5.75 Å². The first kappa shape index (κ1) is 18.9. The molecular weight excluding hydrogens is 320 g/mol. The topological polar surface area (TPSA) is 38.5 Å². The Hall–Kier alpha value is -1.84. The molecule has 1 aliphatic rings. The van der Waals surface area contributed by atoms with Gasteiger partial charge in [0, 0.05) is 26.2 Å². The largest absolute Gasteiger partial charge is 0.497 e. The molecule has 0 amide bonds. The molecule has 1 aliphatic carbocycles. The zero-order chi connectivity index (χ0) is 18.2. The van der Waals surface area contributed by atoms with E-state index in [4.69, 9.17) is 10.5 Å².